The van der Waals surface area contributed by atoms with Crippen LogP contribution < -0.4 is 4.90 Å². The van der Waals surface area contributed by atoms with Crippen LogP contribution in [-0.2, 0) is 0 Å². The summed E-state index contributed by atoms with van der Waals surface area (Å²) in [6.07, 6.45) is 3.99. The summed E-state index contributed by atoms with van der Waals surface area (Å²) in [6.45, 7) is 3.91. The van der Waals surface area contributed by atoms with Crippen molar-refractivity contribution in [3.63, 3.8) is 0 Å². The normalized spacial score (nSPS) is 11.2. The molecule has 0 radical (unpaired) electrons. The third-order valence-electron chi connectivity index (χ3n) is 2.40. The van der Waals surface area contributed by atoms with Crippen LogP contribution in [0.4, 0.5) is 5.82 Å². The highest BCUT2D eigenvalue weighted by molar-refractivity contribution is 5.89. The van der Waals surface area contributed by atoms with E-state index >= 15 is 0 Å². The molecule has 16 heavy (non-hydrogen) atoms. The van der Waals surface area contributed by atoms with E-state index in [1.165, 1.54) is 0 Å². The third-order valence-corrected chi connectivity index (χ3v) is 2.40. The SMILES string of the molecule is C/C=C/N(C)c1nc(C)nc2ccccc12. The highest BCUT2D eigenvalue weighted by atomic mass is 15.2. The summed E-state index contributed by atoms with van der Waals surface area (Å²) in [4.78, 5) is 10.9. The van der Waals surface area contributed by atoms with Crippen LogP contribution >= 0.6 is 0 Å². The topological polar surface area (TPSA) is 29.0 Å². The lowest BCUT2D eigenvalue weighted by atomic mass is 10.2. The lowest BCUT2D eigenvalue weighted by Gasteiger charge is -2.15. The van der Waals surface area contributed by atoms with E-state index in [1.807, 2.05) is 62.3 Å². The maximum atomic E-state index is 4.48. The second-order valence-corrected chi connectivity index (χ2v) is 3.70. The molecule has 3 heteroatoms. The first kappa shape index (κ1) is 10.6. The van der Waals surface area contributed by atoms with E-state index in [9.17, 15) is 0 Å². The Morgan fingerprint density at radius 2 is 1.94 bits per heavy atom. The van der Waals surface area contributed by atoms with Gasteiger partial charge in [0.2, 0.25) is 0 Å². The van der Waals surface area contributed by atoms with Crippen LogP contribution in [-0.4, -0.2) is 17.0 Å². The smallest absolute Gasteiger partial charge is 0.143 e. The van der Waals surface area contributed by atoms with Crippen LogP contribution in [0.1, 0.15) is 12.7 Å². The summed E-state index contributed by atoms with van der Waals surface area (Å²) in [7, 11) is 1.99. The van der Waals surface area contributed by atoms with Crippen molar-refractivity contribution in [3.8, 4) is 0 Å². The molecule has 0 atom stereocenters. The Hall–Kier alpha value is -1.90. The second-order valence-electron chi connectivity index (χ2n) is 3.70. The highest BCUT2D eigenvalue weighted by Gasteiger charge is 2.07. The van der Waals surface area contributed by atoms with Gasteiger partial charge in [-0.15, -0.1) is 0 Å². The molecule has 1 aromatic heterocycles. The van der Waals surface area contributed by atoms with E-state index < -0.39 is 0 Å². The molecular weight excluding hydrogens is 198 g/mol. The van der Waals surface area contributed by atoms with Gasteiger partial charge in [-0.1, -0.05) is 18.2 Å². The van der Waals surface area contributed by atoms with E-state index in [1.54, 1.807) is 0 Å². The third kappa shape index (κ3) is 1.89. The van der Waals surface area contributed by atoms with Gasteiger partial charge in [0.25, 0.3) is 0 Å². The fourth-order valence-electron chi connectivity index (χ4n) is 1.74. The molecule has 0 aliphatic rings. The van der Waals surface area contributed by atoms with Crippen molar-refractivity contribution in [2.24, 2.45) is 0 Å². The van der Waals surface area contributed by atoms with E-state index in [2.05, 4.69) is 9.97 Å². The summed E-state index contributed by atoms with van der Waals surface area (Å²) in [5, 5.41) is 1.08. The fraction of sp³-hybridized carbons (Fsp3) is 0.231. The number of allylic oxidation sites excluding steroid dienone is 1. The molecule has 0 fully saturated rings. The molecule has 0 aliphatic carbocycles. The molecule has 0 unspecified atom stereocenters. The lowest BCUT2D eigenvalue weighted by Crippen LogP contribution is -2.11. The maximum absolute atomic E-state index is 4.48. The van der Waals surface area contributed by atoms with Gasteiger partial charge in [0.15, 0.2) is 0 Å². The minimum Gasteiger partial charge on any atom is -0.336 e. The van der Waals surface area contributed by atoms with Crippen molar-refractivity contribution in [2.75, 3.05) is 11.9 Å². The number of benzene rings is 1. The minimum atomic E-state index is 0.796. The number of hydrogen-bond acceptors (Lipinski definition) is 3. The number of nitrogens with zero attached hydrogens (tertiary/aromatic N) is 3. The largest absolute Gasteiger partial charge is 0.336 e. The van der Waals surface area contributed by atoms with E-state index in [0.29, 0.717) is 0 Å². The summed E-state index contributed by atoms with van der Waals surface area (Å²) >= 11 is 0. The van der Waals surface area contributed by atoms with Crippen molar-refractivity contribution >= 4 is 16.7 Å². The summed E-state index contributed by atoms with van der Waals surface area (Å²) in [6, 6.07) is 8.06. The molecule has 1 heterocycles. The predicted octanol–water partition coefficient (Wildman–Crippen LogP) is 2.91. The number of para-hydroxylation sites is 1. The number of aryl methyl sites for hydroxylation is 1. The molecule has 3 nitrogen and oxygen atoms in total. The Morgan fingerprint density at radius 1 is 1.19 bits per heavy atom. The monoisotopic (exact) mass is 213 g/mol. The van der Waals surface area contributed by atoms with Crippen molar-refractivity contribution in [2.45, 2.75) is 13.8 Å². The molecule has 82 valence electrons. The van der Waals surface area contributed by atoms with Crippen LogP contribution in [0.25, 0.3) is 10.9 Å². The van der Waals surface area contributed by atoms with Gasteiger partial charge in [-0.3, -0.25) is 0 Å². The highest BCUT2D eigenvalue weighted by Crippen LogP contribution is 2.22. The predicted molar refractivity (Wildman–Crippen MR) is 67.5 cm³/mol. The Bertz CT molecular complexity index is 532. The Labute approximate surface area is 95.4 Å². The standard InChI is InChI=1S/C13H15N3/c1-4-9-16(3)13-11-7-5-6-8-12(11)14-10(2)15-13/h4-9H,1-3H3/b9-4+. The van der Waals surface area contributed by atoms with Gasteiger partial charge in [0.05, 0.1) is 5.52 Å². The minimum absolute atomic E-state index is 0.796. The molecule has 0 saturated carbocycles. The first-order chi connectivity index (χ1) is 7.72. The number of aromatic nitrogens is 2. The number of rotatable bonds is 2. The van der Waals surface area contributed by atoms with Crippen LogP contribution in [0.2, 0.25) is 0 Å². The van der Waals surface area contributed by atoms with Crippen molar-refractivity contribution < 1.29 is 0 Å². The van der Waals surface area contributed by atoms with Crippen LogP contribution in [0.3, 0.4) is 0 Å². The molecule has 0 bridgehead atoms. The average Bonchev–Trinajstić information content (AvgIpc) is 2.28. The number of hydrogen-bond donors (Lipinski definition) is 0. The summed E-state index contributed by atoms with van der Waals surface area (Å²) < 4.78 is 0. The number of fused-ring (bicyclic) bond motifs is 1. The van der Waals surface area contributed by atoms with Gasteiger partial charge in [-0.25, -0.2) is 9.97 Å². The maximum Gasteiger partial charge on any atom is 0.143 e. The van der Waals surface area contributed by atoms with Crippen LogP contribution in [0.15, 0.2) is 36.5 Å². The van der Waals surface area contributed by atoms with Gasteiger partial charge in [0, 0.05) is 18.6 Å². The molecule has 2 rings (SSSR count). The van der Waals surface area contributed by atoms with Crippen molar-refractivity contribution in [1.29, 1.82) is 0 Å². The van der Waals surface area contributed by atoms with E-state index in [0.717, 1.165) is 22.5 Å². The first-order valence-corrected chi connectivity index (χ1v) is 5.31. The zero-order valence-electron chi connectivity index (χ0n) is 9.81. The van der Waals surface area contributed by atoms with Crippen molar-refractivity contribution in [1.82, 2.24) is 9.97 Å². The molecule has 0 saturated heterocycles. The molecule has 0 aliphatic heterocycles. The lowest BCUT2D eigenvalue weighted by molar-refractivity contribution is 1.04. The first-order valence-electron chi connectivity index (χ1n) is 5.31. The molecule has 0 spiro atoms. The molecular formula is C13H15N3. The van der Waals surface area contributed by atoms with Gasteiger partial charge < -0.3 is 4.90 Å². The fourth-order valence-corrected chi connectivity index (χ4v) is 1.74. The molecule has 2 aromatic rings. The van der Waals surface area contributed by atoms with Gasteiger partial charge in [0.1, 0.15) is 11.6 Å². The van der Waals surface area contributed by atoms with E-state index in [4.69, 9.17) is 0 Å². The van der Waals surface area contributed by atoms with Crippen molar-refractivity contribution in [3.05, 3.63) is 42.4 Å². The Balaban J connectivity index is 2.67. The molecule has 0 N–H and O–H groups in total. The Kier molecular flexibility index (Phi) is 2.86. The van der Waals surface area contributed by atoms with Crippen LogP contribution in [0, 0.1) is 6.92 Å². The molecule has 1 aromatic carbocycles. The van der Waals surface area contributed by atoms with Gasteiger partial charge in [-0.2, -0.15) is 0 Å². The van der Waals surface area contributed by atoms with E-state index in [-0.39, 0.29) is 0 Å². The zero-order valence-corrected chi connectivity index (χ0v) is 9.81. The van der Waals surface area contributed by atoms with Gasteiger partial charge in [-0.05, 0) is 26.0 Å². The zero-order chi connectivity index (χ0) is 11.5. The summed E-state index contributed by atoms with van der Waals surface area (Å²) in [5.74, 6) is 1.74. The van der Waals surface area contributed by atoms with Crippen LogP contribution in [0.5, 0.6) is 0 Å². The molecule has 0 amide bonds. The number of anilines is 1. The quantitative estimate of drug-likeness (QED) is 0.768. The Morgan fingerprint density at radius 3 is 2.69 bits per heavy atom. The average molecular weight is 213 g/mol. The second kappa shape index (κ2) is 4.31. The summed E-state index contributed by atoms with van der Waals surface area (Å²) in [5.41, 5.74) is 0.987. The van der Waals surface area contributed by atoms with Gasteiger partial charge >= 0.3 is 0 Å².